The number of rotatable bonds is 9. The molecule has 0 spiro atoms. The quantitative estimate of drug-likeness (QED) is 0.401. The normalized spacial score (nSPS) is 12.0. The van der Waals surface area contributed by atoms with Crippen molar-refractivity contribution in [2.45, 2.75) is 11.9 Å². The average Bonchev–Trinajstić information content (AvgIpc) is 2.83. The molecule has 0 radical (unpaired) electrons. The van der Waals surface area contributed by atoms with E-state index < -0.39 is 5.34 Å². The minimum absolute atomic E-state index is 0.432. The summed E-state index contributed by atoms with van der Waals surface area (Å²) in [6.45, 7) is 6.07. The van der Waals surface area contributed by atoms with Crippen LogP contribution in [0.1, 0.15) is 5.82 Å². The molecule has 1 aromatic carbocycles. The number of hydrogen-bond acceptors (Lipinski definition) is 5. The SMILES string of the molecule is C=CSNCCN(C)Cc1nc2cc(OC(F)(P)P)ccc2[nH]1. The van der Waals surface area contributed by atoms with Crippen LogP contribution in [0.15, 0.2) is 30.2 Å². The number of benzene rings is 1. The molecule has 0 aliphatic carbocycles. The molecule has 2 N–H and O–H groups in total. The summed E-state index contributed by atoms with van der Waals surface area (Å²) >= 11 is 1.48. The van der Waals surface area contributed by atoms with Crippen molar-refractivity contribution in [3.8, 4) is 5.75 Å². The van der Waals surface area contributed by atoms with E-state index in [2.05, 4.69) is 26.2 Å². The van der Waals surface area contributed by atoms with Crippen LogP contribution in [0, 0.1) is 0 Å². The molecule has 9 heteroatoms. The Morgan fingerprint density at radius 1 is 1.57 bits per heavy atom. The Labute approximate surface area is 144 Å². The van der Waals surface area contributed by atoms with E-state index in [-0.39, 0.29) is 0 Å². The number of fused-ring (bicyclic) bond motifs is 1. The van der Waals surface area contributed by atoms with Crippen LogP contribution < -0.4 is 9.46 Å². The predicted molar refractivity (Wildman–Crippen MR) is 102 cm³/mol. The third kappa shape index (κ3) is 6.36. The van der Waals surface area contributed by atoms with Gasteiger partial charge in [-0.2, -0.15) is 4.39 Å². The second kappa shape index (κ2) is 8.41. The molecule has 2 aromatic rings. The van der Waals surface area contributed by atoms with Crippen molar-refractivity contribution >= 4 is 41.5 Å². The number of likely N-dealkylation sites (N-methyl/N-ethyl adjacent to an activating group) is 1. The van der Waals surface area contributed by atoms with Gasteiger partial charge >= 0.3 is 0 Å². The zero-order valence-corrected chi connectivity index (χ0v) is 16.0. The molecule has 5 nitrogen and oxygen atoms in total. The Morgan fingerprint density at radius 3 is 3.04 bits per heavy atom. The number of alkyl halides is 1. The summed E-state index contributed by atoms with van der Waals surface area (Å²) in [5, 5.41) is -0.113. The van der Waals surface area contributed by atoms with Crippen molar-refractivity contribution < 1.29 is 9.13 Å². The maximum atomic E-state index is 13.5. The molecule has 126 valence electrons. The molecule has 23 heavy (non-hydrogen) atoms. The molecule has 2 atom stereocenters. The van der Waals surface area contributed by atoms with Crippen molar-refractivity contribution in [3.63, 3.8) is 0 Å². The van der Waals surface area contributed by atoms with Crippen LogP contribution in [-0.2, 0) is 6.54 Å². The Hall–Kier alpha value is -0.710. The lowest BCUT2D eigenvalue weighted by atomic mass is 10.3. The Bertz CT molecular complexity index is 662. The second-order valence-corrected chi connectivity index (χ2v) is 8.18. The lowest BCUT2D eigenvalue weighted by Gasteiger charge is -2.16. The van der Waals surface area contributed by atoms with E-state index in [0.29, 0.717) is 12.3 Å². The van der Waals surface area contributed by atoms with Gasteiger partial charge in [0.15, 0.2) is 0 Å². The molecule has 2 rings (SSSR count). The highest BCUT2D eigenvalue weighted by molar-refractivity contribution is 8.00. The van der Waals surface area contributed by atoms with Gasteiger partial charge in [0.25, 0.3) is 5.34 Å². The highest BCUT2D eigenvalue weighted by Gasteiger charge is 2.17. The lowest BCUT2D eigenvalue weighted by Crippen LogP contribution is -2.26. The molecule has 0 bridgehead atoms. The first kappa shape index (κ1) is 18.6. The maximum absolute atomic E-state index is 13.5. The first-order valence-electron chi connectivity index (χ1n) is 6.99. The number of imidazole rings is 1. The predicted octanol–water partition coefficient (Wildman–Crippen LogP) is 3.09. The Balaban J connectivity index is 1.98. The van der Waals surface area contributed by atoms with E-state index in [4.69, 9.17) is 4.74 Å². The molecule has 2 unspecified atom stereocenters. The fraction of sp³-hybridized carbons (Fsp3) is 0.357. The second-order valence-electron chi connectivity index (χ2n) is 5.08. The molecule has 1 aromatic heterocycles. The van der Waals surface area contributed by atoms with Gasteiger partial charge in [-0.3, -0.25) is 9.62 Å². The van der Waals surface area contributed by atoms with E-state index >= 15 is 0 Å². The molecule has 1 heterocycles. The van der Waals surface area contributed by atoms with Gasteiger partial charge in [-0.1, -0.05) is 18.5 Å². The van der Waals surface area contributed by atoms with Gasteiger partial charge in [0.05, 0.1) is 17.6 Å². The lowest BCUT2D eigenvalue weighted by molar-refractivity contribution is 0.118. The van der Waals surface area contributed by atoms with Crippen molar-refractivity contribution in [1.29, 1.82) is 0 Å². The van der Waals surface area contributed by atoms with Gasteiger partial charge in [0, 0.05) is 19.2 Å². The van der Waals surface area contributed by atoms with Gasteiger partial charge in [-0.15, -0.1) is 0 Å². The van der Waals surface area contributed by atoms with Gasteiger partial charge < -0.3 is 9.72 Å². The van der Waals surface area contributed by atoms with Crippen LogP contribution in [-0.4, -0.2) is 40.3 Å². The fourth-order valence-electron chi connectivity index (χ4n) is 2.05. The topological polar surface area (TPSA) is 53.2 Å². The standard InChI is InChI=1S/C14H21FN4OP2S/c1-3-23-16-6-7-19(2)9-13-17-11-5-4-10(8-12(11)18-13)20-14(15,21)22/h3-5,8,16H,1,6-7,9,21-22H2,2H3,(H,17,18). The van der Waals surface area contributed by atoms with Gasteiger partial charge in [-0.25, -0.2) is 4.98 Å². The van der Waals surface area contributed by atoms with Gasteiger partial charge in [-0.05, 0) is 43.1 Å². The molecule has 0 fully saturated rings. The summed E-state index contributed by atoms with van der Waals surface area (Å²) in [6, 6.07) is 5.28. The van der Waals surface area contributed by atoms with Gasteiger partial charge in [0.2, 0.25) is 0 Å². The fourth-order valence-corrected chi connectivity index (χ4v) is 2.65. The van der Waals surface area contributed by atoms with Crippen molar-refractivity contribution in [1.82, 2.24) is 19.6 Å². The summed E-state index contributed by atoms with van der Waals surface area (Å²) in [5.74, 6) is 1.29. The highest BCUT2D eigenvalue weighted by atomic mass is 32.2. The average molecular weight is 374 g/mol. The van der Waals surface area contributed by atoms with E-state index in [0.717, 1.165) is 29.9 Å². The monoisotopic (exact) mass is 374 g/mol. The largest absolute Gasteiger partial charge is 0.452 e. The third-order valence-electron chi connectivity index (χ3n) is 2.96. The minimum Gasteiger partial charge on any atom is -0.452 e. The number of nitrogens with one attached hydrogen (secondary N) is 2. The number of H-pyrrole nitrogens is 1. The summed E-state index contributed by atoms with van der Waals surface area (Å²) in [5.41, 5.74) is 1.66. The van der Waals surface area contributed by atoms with Crippen molar-refractivity contribution in [3.05, 3.63) is 36.0 Å². The zero-order valence-electron chi connectivity index (χ0n) is 12.9. The van der Waals surface area contributed by atoms with Crippen molar-refractivity contribution in [2.24, 2.45) is 0 Å². The zero-order chi connectivity index (χ0) is 16.9. The molecular weight excluding hydrogens is 353 g/mol. The van der Waals surface area contributed by atoms with Crippen LogP contribution in [0.5, 0.6) is 5.75 Å². The maximum Gasteiger partial charge on any atom is 0.270 e. The number of aromatic nitrogens is 2. The number of hydrogen-bond donors (Lipinski definition) is 2. The summed E-state index contributed by atoms with van der Waals surface area (Å²) in [4.78, 5) is 9.95. The van der Waals surface area contributed by atoms with E-state index in [1.807, 2.05) is 31.6 Å². The molecular formula is C14H21FN4OP2S. The van der Waals surface area contributed by atoms with Crippen LogP contribution in [0.4, 0.5) is 4.39 Å². The summed E-state index contributed by atoms with van der Waals surface area (Å²) in [6.07, 6.45) is 0. The molecule has 0 aliphatic heterocycles. The number of halogens is 1. The highest BCUT2D eigenvalue weighted by Crippen LogP contribution is 2.32. The van der Waals surface area contributed by atoms with Crippen LogP contribution >= 0.6 is 30.4 Å². The number of ether oxygens (including phenoxy) is 1. The number of aromatic amines is 1. The van der Waals surface area contributed by atoms with Crippen LogP contribution in [0.25, 0.3) is 11.0 Å². The first-order chi connectivity index (χ1) is 10.9. The van der Waals surface area contributed by atoms with Gasteiger partial charge in [0.1, 0.15) is 11.6 Å². The number of nitrogens with zero attached hydrogens (tertiary/aromatic N) is 2. The first-order valence-corrected chi connectivity index (χ1v) is 9.03. The third-order valence-corrected chi connectivity index (χ3v) is 3.73. The van der Waals surface area contributed by atoms with Crippen LogP contribution in [0.2, 0.25) is 0 Å². The van der Waals surface area contributed by atoms with E-state index in [9.17, 15) is 4.39 Å². The Morgan fingerprint density at radius 2 is 2.35 bits per heavy atom. The molecule has 0 saturated heterocycles. The van der Waals surface area contributed by atoms with E-state index in [1.165, 1.54) is 11.9 Å². The molecule has 0 saturated carbocycles. The summed E-state index contributed by atoms with van der Waals surface area (Å²) in [7, 11) is 5.99. The molecule has 0 amide bonds. The Kier molecular flexibility index (Phi) is 6.81. The smallest absolute Gasteiger partial charge is 0.270 e. The summed E-state index contributed by atoms with van der Waals surface area (Å²) < 4.78 is 21.8. The van der Waals surface area contributed by atoms with Crippen LogP contribution in [0.3, 0.4) is 0 Å². The van der Waals surface area contributed by atoms with E-state index in [1.54, 1.807) is 17.5 Å². The van der Waals surface area contributed by atoms with Crippen molar-refractivity contribution in [2.75, 3.05) is 20.1 Å². The molecule has 0 aliphatic rings. The minimum atomic E-state index is -1.87.